The Balaban J connectivity index is 1.78. The molecule has 0 amide bonds. The van der Waals surface area contributed by atoms with Crippen LogP contribution in [0.3, 0.4) is 0 Å². The summed E-state index contributed by atoms with van der Waals surface area (Å²) >= 11 is 6.26. The van der Waals surface area contributed by atoms with E-state index in [9.17, 15) is 9.90 Å². The van der Waals surface area contributed by atoms with E-state index in [0.717, 1.165) is 41.4 Å². The zero-order valence-electron chi connectivity index (χ0n) is 14.9. The summed E-state index contributed by atoms with van der Waals surface area (Å²) in [6.45, 7) is 1.38. The third-order valence-electron chi connectivity index (χ3n) is 5.26. The molecule has 1 fully saturated rings. The molecule has 0 saturated carbocycles. The minimum Gasteiger partial charge on any atom is -0.481 e. The van der Waals surface area contributed by atoms with Gasteiger partial charge in [-0.2, -0.15) is 0 Å². The fourth-order valence-corrected chi connectivity index (χ4v) is 4.17. The highest BCUT2D eigenvalue weighted by molar-refractivity contribution is 6.30. The van der Waals surface area contributed by atoms with Crippen molar-refractivity contribution in [2.45, 2.75) is 18.9 Å². The Bertz CT molecular complexity index is 975. The molecular weight excluding hydrogens is 360 g/mol. The molecule has 0 spiro atoms. The number of likely N-dealkylation sites (tertiary alicyclic amines) is 1. The van der Waals surface area contributed by atoms with Gasteiger partial charge in [0.25, 0.3) is 0 Å². The Morgan fingerprint density at radius 3 is 2.81 bits per heavy atom. The summed E-state index contributed by atoms with van der Waals surface area (Å²) in [5.41, 5.74) is 3.07. The number of hydrogen-bond donors (Lipinski definition) is 1. The minimum atomic E-state index is -0.721. The van der Waals surface area contributed by atoms with E-state index in [2.05, 4.69) is 28.1 Å². The summed E-state index contributed by atoms with van der Waals surface area (Å²) in [4.78, 5) is 18.4. The van der Waals surface area contributed by atoms with Crippen LogP contribution in [0.15, 0.2) is 60.8 Å². The zero-order valence-corrected chi connectivity index (χ0v) is 15.6. The molecule has 5 heteroatoms. The second-order valence-electron chi connectivity index (χ2n) is 7.09. The van der Waals surface area contributed by atoms with Gasteiger partial charge in [-0.05, 0) is 54.8 Å². The molecular formula is C22H21ClN2O2. The first-order chi connectivity index (χ1) is 13.1. The lowest BCUT2D eigenvalue weighted by Gasteiger charge is -2.37. The summed E-state index contributed by atoms with van der Waals surface area (Å²) in [5.74, 6) is -1.06. The topological polar surface area (TPSA) is 53.4 Å². The third kappa shape index (κ3) is 3.82. The maximum atomic E-state index is 11.6. The number of nitrogens with zero attached hydrogens (tertiary/aromatic N) is 2. The van der Waals surface area contributed by atoms with E-state index >= 15 is 0 Å². The van der Waals surface area contributed by atoms with Gasteiger partial charge in [0.15, 0.2) is 0 Å². The van der Waals surface area contributed by atoms with Crippen molar-refractivity contribution in [1.29, 1.82) is 0 Å². The molecule has 27 heavy (non-hydrogen) atoms. The van der Waals surface area contributed by atoms with Gasteiger partial charge in [-0.25, -0.2) is 0 Å². The van der Waals surface area contributed by atoms with Gasteiger partial charge in [0.2, 0.25) is 0 Å². The van der Waals surface area contributed by atoms with E-state index in [0.29, 0.717) is 11.6 Å². The van der Waals surface area contributed by atoms with Crippen molar-refractivity contribution in [2.75, 3.05) is 13.1 Å². The average molecular weight is 381 g/mol. The van der Waals surface area contributed by atoms with E-state index in [1.54, 1.807) is 0 Å². The number of carboxylic acids is 1. The number of piperidine rings is 1. The number of aromatic nitrogens is 1. The minimum absolute atomic E-state index is 0.0667. The van der Waals surface area contributed by atoms with E-state index < -0.39 is 5.97 Å². The second kappa shape index (κ2) is 7.67. The predicted molar refractivity (Wildman–Crippen MR) is 107 cm³/mol. The quantitative estimate of drug-likeness (QED) is 0.708. The Labute approximate surface area is 163 Å². The number of benzene rings is 2. The van der Waals surface area contributed by atoms with E-state index in [-0.39, 0.29) is 12.0 Å². The number of halogens is 1. The summed E-state index contributed by atoms with van der Waals surface area (Å²) in [6, 6.07) is 17.9. The molecule has 138 valence electrons. The summed E-state index contributed by atoms with van der Waals surface area (Å²) in [7, 11) is 0. The lowest BCUT2D eigenvalue weighted by molar-refractivity contribution is -0.143. The molecule has 4 nitrogen and oxygen atoms in total. The molecule has 2 unspecified atom stereocenters. The molecule has 2 aromatic carbocycles. The normalized spacial score (nSPS) is 19.1. The van der Waals surface area contributed by atoms with Gasteiger partial charge in [-0.3, -0.25) is 14.7 Å². The monoisotopic (exact) mass is 380 g/mol. The molecule has 2 atom stereocenters. The predicted octanol–water partition coefficient (Wildman–Crippen LogP) is 4.77. The van der Waals surface area contributed by atoms with Crippen LogP contribution in [0.25, 0.3) is 10.9 Å². The van der Waals surface area contributed by atoms with Crippen molar-refractivity contribution in [3.05, 3.63) is 76.9 Å². The number of rotatable bonds is 4. The van der Waals surface area contributed by atoms with Crippen molar-refractivity contribution in [3.63, 3.8) is 0 Å². The standard InChI is InChI=1S/C22H21ClN2O2/c23-19-8-3-6-16(12-19)21(25-10-4-7-17(14-25)22(26)27)18-11-15-5-1-2-9-20(15)24-13-18/h1-3,5-6,8-9,11-13,17,21H,4,7,10,14H2,(H,26,27). The number of para-hydroxylation sites is 1. The summed E-state index contributed by atoms with van der Waals surface area (Å²) in [5, 5.41) is 11.3. The first-order valence-electron chi connectivity index (χ1n) is 9.19. The Morgan fingerprint density at radius 2 is 2.00 bits per heavy atom. The fraction of sp³-hybridized carbons (Fsp3) is 0.273. The summed E-state index contributed by atoms with van der Waals surface area (Å²) in [6.07, 6.45) is 3.50. The number of carboxylic acid groups (broad SMARTS) is 1. The van der Waals surface area contributed by atoms with Gasteiger partial charge >= 0.3 is 5.97 Å². The van der Waals surface area contributed by atoms with Crippen molar-refractivity contribution in [3.8, 4) is 0 Å². The maximum Gasteiger partial charge on any atom is 0.307 e. The van der Waals surface area contributed by atoms with Crippen LogP contribution in [-0.4, -0.2) is 34.0 Å². The third-order valence-corrected chi connectivity index (χ3v) is 5.49. The Hall–Kier alpha value is -2.43. The first-order valence-corrected chi connectivity index (χ1v) is 9.56. The summed E-state index contributed by atoms with van der Waals surface area (Å²) < 4.78 is 0. The molecule has 1 saturated heterocycles. The Kier molecular flexibility index (Phi) is 5.10. The van der Waals surface area contributed by atoms with E-state index in [4.69, 9.17) is 11.6 Å². The lowest BCUT2D eigenvalue weighted by atomic mass is 9.91. The first kappa shape index (κ1) is 18.0. The Morgan fingerprint density at radius 1 is 1.15 bits per heavy atom. The van der Waals surface area contributed by atoms with Crippen LogP contribution in [0.1, 0.15) is 30.0 Å². The van der Waals surface area contributed by atoms with Crippen molar-refractivity contribution >= 4 is 28.5 Å². The molecule has 4 rings (SSSR count). The largest absolute Gasteiger partial charge is 0.481 e. The van der Waals surface area contributed by atoms with Gasteiger partial charge in [0, 0.05) is 23.2 Å². The van der Waals surface area contributed by atoms with Gasteiger partial charge in [-0.15, -0.1) is 0 Å². The molecule has 1 aliphatic heterocycles. The molecule has 3 aromatic rings. The highest BCUT2D eigenvalue weighted by atomic mass is 35.5. The van der Waals surface area contributed by atoms with Crippen LogP contribution in [-0.2, 0) is 4.79 Å². The van der Waals surface area contributed by atoms with Crippen molar-refractivity contribution in [2.24, 2.45) is 5.92 Å². The average Bonchev–Trinajstić information content (AvgIpc) is 2.68. The lowest BCUT2D eigenvalue weighted by Crippen LogP contribution is -2.41. The van der Waals surface area contributed by atoms with E-state index in [1.165, 1.54) is 0 Å². The van der Waals surface area contributed by atoms with Gasteiger partial charge in [-0.1, -0.05) is 41.9 Å². The van der Waals surface area contributed by atoms with Crippen molar-refractivity contribution in [1.82, 2.24) is 9.88 Å². The van der Waals surface area contributed by atoms with Crippen LogP contribution >= 0.6 is 11.6 Å². The molecule has 1 aliphatic rings. The second-order valence-corrected chi connectivity index (χ2v) is 7.53. The number of pyridine rings is 1. The van der Waals surface area contributed by atoms with Gasteiger partial charge in [0.1, 0.15) is 0 Å². The molecule has 2 heterocycles. The molecule has 0 aliphatic carbocycles. The SMILES string of the molecule is O=C(O)C1CCCN(C(c2cccc(Cl)c2)c2cnc3ccccc3c2)C1. The van der Waals surface area contributed by atoms with Gasteiger partial charge < -0.3 is 5.11 Å². The highest BCUT2D eigenvalue weighted by Crippen LogP contribution is 2.34. The smallest absolute Gasteiger partial charge is 0.307 e. The van der Waals surface area contributed by atoms with Crippen molar-refractivity contribution < 1.29 is 9.90 Å². The van der Waals surface area contributed by atoms with E-state index in [1.807, 2.05) is 42.6 Å². The molecule has 1 N–H and O–H groups in total. The number of hydrogen-bond acceptors (Lipinski definition) is 3. The molecule has 0 bridgehead atoms. The van der Waals surface area contributed by atoms with Crippen LogP contribution in [0.4, 0.5) is 0 Å². The maximum absolute atomic E-state index is 11.6. The van der Waals surface area contributed by atoms with Crippen LogP contribution in [0.2, 0.25) is 5.02 Å². The number of carbonyl (C=O) groups is 1. The highest BCUT2D eigenvalue weighted by Gasteiger charge is 2.31. The number of aliphatic carboxylic acids is 1. The molecule has 1 aromatic heterocycles. The molecule has 0 radical (unpaired) electrons. The van der Waals surface area contributed by atoms with Gasteiger partial charge in [0.05, 0.1) is 17.5 Å². The fourth-order valence-electron chi connectivity index (χ4n) is 3.97. The van der Waals surface area contributed by atoms with Crippen LogP contribution in [0.5, 0.6) is 0 Å². The van der Waals surface area contributed by atoms with Crippen LogP contribution in [0, 0.1) is 5.92 Å². The zero-order chi connectivity index (χ0) is 18.8. The van der Waals surface area contributed by atoms with Crippen LogP contribution < -0.4 is 0 Å². The number of fused-ring (bicyclic) bond motifs is 1.